The Labute approximate surface area is 107 Å². The monoisotopic (exact) mass is 256 g/mol. The van der Waals surface area contributed by atoms with Crippen molar-refractivity contribution in [2.75, 3.05) is 33.4 Å². The summed E-state index contributed by atoms with van der Waals surface area (Å²) in [7, 11) is 1.63. The van der Waals surface area contributed by atoms with E-state index in [-0.39, 0.29) is 6.10 Å². The van der Waals surface area contributed by atoms with Gasteiger partial charge in [-0.05, 0) is 12.8 Å². The second kappa shape index (κ2) is 8.03. The predicted octanol–water partition coefficient (Wildman–Crippen LogP) is 0.481. The maximum atomic E-state index is 10.8. The predicted molar refractivity (Wildman–Crippen MR) is 64.1 cm³/mol. The third-order valence-electron chi connectivity index (χ3n) is 3.00. The Morgan fingerprint density at radius 1 is 1.56 bits per heavy atom. The number of carbonyl (C=O) groups is 1. The molecule has 2 unspecified atom stereocenters. The molecule has 1 rings (SSSR count). The average Bonchev–Trinajstić information content (AvgIpc) is 2.81. The molecule has 1 aliphatic rings. The van der Waals surface area contributed by atoms with Crippen LogP contribution in [0.2, 0.25) is 0 Å². The van der Waals surface area contributed by atoms with Gasteiger partial charge in [0.15, 0.2) is 6.10 Å². The number of hydrogen-bond acceptors (Lipinski definition) is 5. The van der Waals surface area contributed by atoms with Crippen molar-refractivity contribution in [3.8, 4) is 6.07 Å². The van der Waals surface area contributed by atoms with E-state index in [2.05, 4.69) is 11.0 Å². The van der Waals surface area contributed by atoms with Gasteiger partial charge in [0.1, 0.15) is 0 Å². The van der Waals surface area contributed by atoms with Crippen LogP contribution in [0.4, 0.5) is 0 Å². The highest BCUT2D eigenvalue weighted by atomic mass is 16.5. The van der Waals surface area contributed by atoms with Crippen molar-refractivity contribution in [3.63, 3.8) is 0 Å². The lowest BCUT2D eigenvalue weighted by atomic mass is 10.2. The number of nitrogens with zero attached hydrogens (tertiary/aromatic N) is 2. The van der Waals surface area contributed by atoms with E-state index >= 15 is 0 Å². The molecular formula is C12H20N2O4. The van der Waals surface area contributed by atoms with E-state index in [4.69, 9.17) is 19.8 Å². The lowest BCUT2D eigenvalue weighted by Gasteiger charge is -2.24. The van der Waals surface area contributed by atoms with Crippen LogP contribution in [-0.2, 0) is 14.3 Å². The topological polar surface area (TPSA) is 82.8 Å². The van der Waals surface area contributed by atoms with Crippen LogP contribution < -0.4 is 0 Å². The first kappa shape index (κ1) is 14.9. The van der Waals surface area contributed by atoms with Crippen LogP contribution in [0.5, 0.6) is 0 Å². The van der Waals surface area contributed by atoms with Crippen LogP contribution in [-0.4, -0.2) is 61.5 Å². The Morgan fingerprint density at radius 3 is 2.89 bits per heavy atom. The quantitative estimate of drug-likeness (QED) is 0.680. The molecule has 0 aromatic rings. The van der Waals surface area contributed by atoms with Crippen molar-refractivity contribution in [2.24, 2.45) is 0 Å². The van der Waals surface area contributed by atoms with Crippen LogP contribution in [0.1, 0.15) is 19.3 Å². The lowest BCUT2D eigenvalue weighted by molar-refractivity contribution is -0.149. The van der Waals surface area contributed by atoms with Gasteiger partial charge in [-0.1, -0.05) is 0 Å². The Hall–Kier alpha value is -1.16. The molecule has 1 heterocycles. The summed E-state index contributed by atoms with van der Waals surface area (Å²) in [5, 5.41) is 17.4. The summed E-state index contributed by atoms with van der Waals surface area (Å²) in [5.74, 6) is -0.891. The van der Waals surface area contributed by atoms with Gasteiger partial charge in [0.2, 0.25) is 0 Å². The molecule has 0 saturated carbocycles. The minimum Gasteiger partial charge on any atom is -0.479 e. The molecule has 1 saturated heterocycles. The van der Waals surface area contributed by atoms with E-state index in [1.165, 1.54) is 0 Å². The fourth-order valence-corrected chi connectivity index (χ4v) is 2.03. The van der Waals surface area contributed by atoms with Gasteiger partial charge < -0.3 is 14.6 Å². The number of rotatable bonds is 8. The zero-order valence-corrected chi connectivity index (χ0v) is 10.7. The first-order valence-electron chi connectivity index (χ1n) is 6.14. The van der Waals surface area contributed by atoms with Gasteiger partial charge in [-0.15, -0.1) is 0 Å². The second-order valence-corrected chi connectivity index (χ2v) is 4.36. The summed E-state index contributed by atoms with van der Waals surface area (Å²) in [6.07, 6.45) is 1.05. The van der Waals surface area contributed by atoms with E-state index in [9.17, 15) is 4.79 Å². The van der Waals surface area contributed by atoms with E-state index < -0.39 is 12.1 Å². The molecule has 6 heteroatoms. The van der Waals surface area contributed by atoms with Gasteiger partial charge in [-0.3, -0.25) is 4.90 Å². The van der Waals surface area contributed by atoms with E-state index in [1.807, 2.05) is 0 Å². The fraction of sp³-hybridized carbons (Fsp3) is 0.833. The average molecular weight is 256 g/mol. The fourth-order valence-electron chi connectivity index (χ4n) is 2.03. The Bertz CT molecular complexity index is 303. The second-order valence-electron chi connectivity index (χ2n) is 4.36. The van der Waals surface area contributed by atoms with Gasteiger partial charge in [0, 0.05) is 33.2 Å². The van der Waals surface area contributed by atoms with Crippen molar-refractivity contribution >= 4 is 5.97 Å². The van der Waals surface area contributed by atoms with Crippen molar-refractivity contribution in [1.82, 2.24) is 4.90 Å². The zero-order valence-electron chi connectivity index (χ0n) is 10.7. The minimum absolute atomic E-state index is 0.0540. The van der Waals surface area contributed by atoms with Gasteiger partial charge in [-0.25, -0.2) is 4.79 Å². The summed E-state index contributed by atoms with van der Waals surface area (Å²) in [5.41, 5.74) is 0. The molecule has 0 bridgehead atoms. The Kier molecular flexibility index (Phi) is 6.65. The van der Waals surface area contributed by atoms with Crippen LogP contribution in [0, 0.1) is 11.3 Å². The summed E-state index contributed by atoms with van der Waals surface area (Å²) in [4.78, 5) is 12.9. The number of nitriles is 1. The SMILES string of the molecule is COCCN(CCC#N)CC1CCC(C(=O)O)O1. The molecule has 6 nitrogen and oxygen atoms in total. The van der Waals surface area contributed by atoms with Crippen molar-refractivity contribution in [3.05, 3.63) is 0 Å². The Morgan fingerprint density at radius 2 is 2.33 bits per heavy atom. The number of carboxylic acids is 1. The first-order valence-corrected chi connectivity index (χ1v) is 6.14. The van der Waals surface area contributed by atoms with Crippen molar-refractivity contribution in [1.29, 1.82) is 5.26 Å². The van der Waals surface area contributed by atoms with Crippen LogP contribution >= 0.6 is 0 Å². The third-order valence-corrected chi connectivity index (χ3v) is 3.00. The van der Waals surface area contributed by atoms with Gasteiger partial charge in [-0.2, -0.15) is 5.26 Å². The third kappa shape index (κ3) is 5.00. The van der Waals surface area contributed by atoms with Crippen LogP contribution in [0.25, 0.3) is 0 Å². The van der Waals surface area contributed by atoms with Crippen molar-refractivity contribution < 1.29 is 19.4 Å². The molecule has 0 radical (unpaired) electrons. The highest BCUT2D eigenvalue weighted by Gasteiger charge is 2.31. The summed E-state index contributed by atoms with van der Waals surface area (Å²) in [6.45, 7) is 2.66. The highest BCUT2D eigenvalue weighted by Crippen LogP contribution is 2.20. The number of carboxylic acid groups (broad SMARTS) is 1. The van der Waals surface area contributed by atoms with Crippen molar-refractivity contribution in [2.45, 2.75) is 31.5 Å². The highest BCUT2D eigenvalue weighted by molar-refractivity contribution is 5.72. The summed E-state index contributed by atoms with van der Waals surface area (Å²) >= 11 is 0. The Balaban J connectivity index is 2.36. The molecular weight excluding hydrogens is 236 g/mol. The van der Waals surface area contributed by atoms with E-state index in [0.29, 0.717) is 32.5 Å². The molecule has 0 spiro atoms. The van der Waals surface area contributed by atoms with Crippen LogP contribution in [0.3, 0.4) is 0 Å². The maximum Gasteiger partial charge on any atom is 0.332 e. The molecule has 0 aliphatic carbocycles. The molecule has 0 aromatic carbocycles. The molecule has 102 valence electrons. The molecule has 0 aromatic heterocycles. The minimum atomic E-state index is -0.891. The van der Waals surface area contributed by atoms with Gasteiger partial charge >= 0.3 is 5.97 Å². The molecule has 0 amide bonds. The first-order chi connectivity index (χ1) is 8.67. The number of methoxy groups -OCH3 is 1. The van der Waals surface area contributed by atoms with Gasteiger partial charge in [0.05, 0.1) is 18.8 Å². The molecule has 1 aliphatic heterocycles. The molecule has 1 N–H and O–H groups in total. The summed E-state index contributed by atoms with van der Waals surface area (Å²) < 4.78 is 10.5. The van der Waals surface area contributed by atoms with Crippen LogP contribution in [0.15, 0.2) is 0 Å². The number of aliphatic carboxylic acids is 1. The smallest absolute Gasteiger partial charge is 0.332 e. The lowest BCUT2D eigenvalue weighted by Crippen LogP contribution is -2.36. The molecule has 18 heavy (non-hydrogen) atoms. The standard InChI is InChI=1S/C12H20N2O4/c1-17-8-7-14(6-2-5-13)9-10-3-4-11(18-10)12(15)16/h10-11H,2-4,6-9H2,1H3,(H,15,16). The van der Waals surface area contributed by atoms with Gasteiger partial charge in [0.25, 0.3) is 0 Å². The molecule has 2 atom stereocenters. The number of hydrogen-bond donors (Lipinski definition) is 1. The maximum absolute atomic E-state index is 10.8. The largest absolute Gasteiger partial charge is 0.479 e. The number of ether oxygens (including phenoxy) is 2. The molecule has 1 fully saturated rings. The van der Waals surface area contributed by atoms with E-state index in [1.54, 1.807) is 7.11 Å². The summed E-state index contributed by atoms with van der Waals surface area (Å²) in [6, 6.07) is 2.11. The normalized spacial score (nSPS) is 23.2. The van der Waals surface area contributed by atoms with E-state index in [0.717, 1.165) is 13.0 Å². The zero-order chi connectivity index (χ0) is 13.4.